The molecule has 0 aliphatic heterocycles. The number of esters is 1. The zero-order chi connectivity index (χ0) is 17.3. The smallest absolute Gasteiger partial charge is 0.345 e. The second-order valence-corrected chi connectivity index (χ2v) is 5.44. The van der Waals surface area contributed by atoms with Crippen molar-refractivity contribution in [2.24, 2.45) is 0 Å². The van der Waals surface area contributed by atoms with Crippen molar-refractivity contribution in [3.63, 3.8) is 0 Å². The number of carbonyl (C=O) groups is 1. The fraction of sp³-hybridized carbons (Fsp3) is 0.158. The Kier molecular flexibility index (Phi) is 4.08. The average Bonchev–Trinajstić information content (AvgIpc) is 2.90. The molecule has 0 fully saturated rings. The summed E-state index contributed by atoms with van der Waals surface area (Å²) in [6, 6.07) is 14.3. The van der Waals surface area contributed by atoms with Crippen molar-refractivity contribution < 1.29 is 24.6 Å². The first-order valence-corrected chi connectivity index (χ1v) is 7.65. The number of aromatic hydroxyl groups is 1. The molecular formula is C19H18NO4+. The minimum atomic E-state index is -0.511. The van der Waals surface area contributed by atoms with Gasteiger partial charge >= 0.3 is 5.97 Å². The Labute approximate surface area is 139 Å². The summed E-state index contributed by atoms with van der Waals surface area (Å²) in [6.07, 6.45) is 0. The molecule has 0 bridgehead atoms. The first-order valence-electron chi connectivity index (χ1n) is 7.65. The van der Waals surface area contributed by atoms with E-state index in [1.807, 2.05) is 30.3 Å². The number of fused-ring (bicyclic) bond motifs is 1. The monoisotopic (exact) mass is 324 g/mol. The number of benzene rings is 2. The molecule has 0 amide bonds. The molecule has 5 heteroatoms. The van der Waals surface area contributed by atoms with Crippen LogP contribution in [-0.2, 0) is 9.53 Å². The van der Waals surface area contributed by atoms with Crippen LogP contribution in [-0.4, -0.2) is 40.4 Å². The van der Waals surface area contributed by atoms with Gasteiger partial charge in [-0.3, -0.25) is 5.21 Å². The maximum atomic E-state index is 12.6. The molecule has 2 aromatic rings. The van der Waals surface area contributed by atoms with Crippen molar-refractivity contribution in [3.8, 4) is 5.75 Å². The van der Waals surface area contributed by atoms with Crippen LogP contribution < -0.4 is 0 Å². The summed E-state index contributed by atoms with van der Waals surface area (Å²) >= 11 is 0. The minimum Gasteiger partial charge on any atom is -0.508 e. The van der Waals surface area contributed by atoms with E-state index in [1.54, 1.807) is 19.1 Å². The molecule has 0 saturated heterocycles. The van der Waals surface area contributed by atoms with Crippen molar-refractivity contribution in [2.45, 2.75) is 6.92 Å². The third kappa shape index (κ3) is 2.54. The number of hydroxylamine groups is 1. The SMILES string of the molecule is CCOC(=O)C1=C(c2ccccc2)c2ccc(O)cc2/C1=[N+](/C)O. The molecule has 1 aliphatic rings. The van der Waals surface area contributed by atoms with Crippen LogP contribution in [0.25, 0.3) is 5.57 Å². The Bertz CT molecular complexity index is 862. The molecule has 2 N–H and O–H groups in total. The van der Waals surface area contributed by atoms with Gasteiger partial charge in [0.1, 0.15) is 11.3 Å². The lowest BCUT2D eigenvalue weighted by atomic mass is 9.97. The molecule has 0 unspecified atom stereocenters. The summed E-state index contributed by atoms with van der Waals surface area (Å²) in [5, 5.41) is 19.9. The first kappa shape index (κ1) is 15.8. The number of hydrogen-bond donors (Lipinski definition) is 2. The minimum absolute atomic E-state index is 0.0608. The van der Waals surface area contributed by atoms with Crippen LogP contribution in [0.2, 0.25) is 0 Å². The Morgan fingerprint density at radius 3 is 2.46 bits per heavy atom. The number of nitrogens with zero attached hydrogens (tertiary/aromatic N) is 1. The zero-order valence-electron chi connectivity index (χ0n) is 13.5. The van der Waals surface area contributed by atoms with Gasteiger partial charge in [-0.1, -0.05) is 30.3 Å². The van der Waals surface area contributed by atoms with Crippen molar-refractivity contribution >= 4 is 17.3 Å². The molecule has 0 aromatic heterocycles. The average molecular weight is 324 g/mol. The van der Waals surface area contributed by atoms with E-state index >= 15 is 0 Å². The van der Waals surface area contributed by atoms with Gasteiger partial charge in [0.2, 0.25) is 0 Å². The molecule has 24 heavy (non-hydrogen) atoms. The van der Waals surface area contributed by atoms with Crippen LogP contribution in [0, 0.1) is 0 Å². The molecule has 0 radical (unpaired) electrons. The van der Waals surface area contributed by atoms with Crippen molar-refractivity contribution in [2.75, 3.05) is 13.7 Å². The van der Waals surface area contributed by atoms with Crippen LogP contribution in [0.15, 0.2) is 54.1 Å². The van der Waals surface area contributed by atoms with Gasteiger partial charge in [0.15, 0.2) is 7.05 Å². The third-order valence-corrected chi connectivity index (χ3v) is 3.88. The van der Waals surface area contributed by atoms with E-state index in [-0.39, 0.29) is 17.9 Å². The summed E-state index contributed by atoms with van der Waals surface area (Å²) in [4.78, 5) is 12.6. The molecule has 5 nitrogen and oxygen atoms in total. The van der Waals surface area contributed by atoms with Crippen molar-refractivity contribution in [3.05, 3.63) is 70.8 Å². The lowest BCUT2D eigenvalue weighted by molar-refractivity contribution is -0.753. The third-order valence-electron chi connectivity index (χ3n) is 3.88. The zero-order valence-corrected chi connectivity index (χ0v) is 13.5. The number of rotatable bonds is 3. The van der Waals surface area contributed by atoms with E-state index in [4.69, 9.17) is 4.74 Å². The summed E-state index contributed by atoms with van der Waals surface area (Å²) in [7, 11) is 1.44. The van der Waals surface area contributed by atoms with Crippen LogP contribution >= 0.6 is 0 Å². The van der Waals surface area contributed by atoms with E-state index in [9.17, 15) is 15.1 Å². The lowest BCUT2D eigenvalue weighted by Gasteiger charge is -2.07. The fourth-order valence-corrected chi connectivity index (χ4v) is 2.98. The van der Waals surface area contributed by atoms with Crippen LogP contribution in [0.3, 0.4) is 0 Å². The van der Waals surface area contributed by atoms with Gasteiger partial charge in [0.25, 0.3) is 5.71 Å². The molecule has 122 valence electrons. The molecule has 0 spiro atoms. The van der Waals surface area contributed by atoms with Gasteiger partial charge in [-0.05, 0) is 41.0 Å². The molecule has 0 saturated carbocycles. The molecule has 0 heterocycles. The van der Waals surface area contributed by atoms with Gasteiger partial charge in [-0.2, -0.15) is 0 Å². The lowest BCUT2D eigenvalue weighted by Crippen LogP contribution is -2.22. The van der Waals surface area contributed by atoms with E-state index < -0.39 is 5.97 Å². The second-order valence-electron chi connectivity index (χ2n) is 5.44. The normalized spacial score (nSPS) is 15.2. The fourth-order valence-electron chi connectivity index (χ4n) is 2.98. The van der Waals surface area contributed by atoms with E-state index in [2.05, 4.69) is 0 Å². The number of phenolic OH excluding ortho intramolecular Hbond substituents is 1. The van der Waals surface area contributed by atoms with Gasteiger partial charge < -0.3 is 9.84 Å². The Balaban J connectivity index is 2.36. The van der Waals surface area contributed by atoms with E-state index in [0.29, 0.717) is 16.8 Å². The number of hydrogen-bond acceptors (Lipinski definition) is 4. The van der Waals surface area contributed by atoms with Crippen LogP contribution in [0.5, 0.6) is 5.75 Å². The Morgan fingerprint density at radius 2 is 1.83 bits per heavy atom. The summed E-state index contributed by atoms with van der Waals surface area (Å²) in [6.45, 7) is 1.96. The highest BCUT2D eigenvalue weighted by atomic mass is 16.5. The first-order chi connectivity index (χ1) is 11.5. The van der Waals surface area contributed by atoms with Gasteiger partial charge in [0.05, 0.1) is 12.2 Å². The largest absolute Gasteiger partial charge is 0.508 e. The topological polar surface area (TPSA) is 69.8 Å². The Morgan fingerprint density at radius 1 is 1.12 bits per heavy atom. The standard InChI is InChI=1S/C19H17NO4/c1-3-24-19(22)17-16(12-7-5-4-6-8-12)14-10-9-13(21)11-15(14)18(17)20(2)23/h4-11,23H,3H2,1-2H3/p+1. The van der Waals surface area contributed by atoms with Crippen molar-refractivity contribution in [1.29, 1.82) is 0 Å². The van der Waals surface area contributed by atoms with Gasteiger partial charge in [-0.25, -0.2) is 4.79 Å². The Hall–Kier alpha value is -3.08. The molecule has 2 aromatic carbocycles. The molecule has 3 rings (SSSR count). The van der Waals surface area contributed by atoms with Crippen LogP contribution in [0.1, 0.15) is 23.6 Å². The maximum absolute atomic E-state index is 12.6. The van der Waals surface area contributed by atoms with Gasteiger partial charge in [0, 0.05) is 5.57 Å². The number of carbonyl (C=O) groups excluding carboxylic acids is 1. The predicted molar refractivity (Wildman–Crippen MR) is 89.3 cm³/mol. The number of phenols is 1. The summed E-state index contributed by atoms with van der Waals surface area (Å²) in [5.74, 6) is -0.450. The quantitative estimate of drug-likeness (QED) is 0.394. The molecule has 1 aliphatic carbocycles. The molecule has 0 atom stereocenters. The second kappa shape index (κ2) is 6.20. The van der Waals surface area contributed by atoms with Crippen LogP contribution in [0.4, 0.5) is 0 Å². The highest BCUT2D eigenvalue weighted by Gasteiger charge is 2.40. The van der Waals surface area contributed by atoms with Crippen molar-refractivity contribution in [1.82, 2.24) is 0 Å². The van der Waals surface area contributed by atoms with E-state index in [0.717, 1.165) is 15.9 Å². The number of ether oxygens (including phenoxy) is 1. The highest BCUT2D eigenvalue weighted by Crippen LogP contribution is 2.39. The summed E-state index contributed by atoms with van der Waals surface area (Å²) in [5.41, 5.74) is 3.47. The van der Waals surface area contributed by atoms with Gasteiger partial charge in [-0.15, -0.1) is 0 Å². The maximum Gasteiger partial charge on any atom is 0.345 e. The van der Waals surface area contributed by atoms with E-state index in [1.165, 1.54) is 13.1 Å². The highest BCUT2D eigenvalue weighted by molar-refractivity contribution is 6.35. The predicted octanol–water partition coefficient (Wildman–Crippen LogP) is 2.59. The summed E-state index contributed by atoms with van der Waals surface area (Å²) < 4.78 is 6.09. The molecular weight excluding hydrogens is 306 g/mol.